The standard InChI is InChI=1S/C46H32N2OS/c1-2-3-10-28-17-20-32-33-21-18-30(27-42(33)49-41(32)25-28)47-39-15-8-5-13-36(39)45-40(47)23-22-35-31-11-4-7-14-38(31)48(46(35)45)29-19-24-44-37(26-29)34-12-6-9-16-43(34)50-44/h4-9,11-27H,2-3,10H2,1H3. The number of fused-ring (bicyclic) bond motifs is 13. The summed E-state index contributed by atoms with van der Waals surface area (Å²) in [5.74, 6) is 0. The molecule has 0 saturated carbocycles. The number of furan rings is 1. The van der Waals surface area contributed by atoms with E-state index in [1.165, 1.54) is 93.3 Å². The molecule has 238 valence electrons. The van der Waals surface area contributed by atoms with Gasteiger partial charge in [-0.3, -0.25) is 0 Å². The summed E-state index contributed by atoms with van der Waals surface area (Å²) in [5.41, 5.74) is 10.3. The van der Waals surface area contributed by atoms with Gasteiger partial charge >= 0.3 is 0 Å². The highest BCUT2D eigenvalue weighted by Crippen LogP contribution is 2.44. The largest absolute Gasteiger partial charge is 0.456 e. The van der Waals surface area contributed by atoms with E-state index in [1.807, 2.05) is 11.3 Å². The van der Waals surface area contributed by atoms with Gasteiger partial charge in [-0.25, -0.2) is 0 Å². The van der Waals surface area contributed by atoms with Crippen LogP contribution in [0.25, 0.3) is 97.1 Å². The lowest BCUT2D eigenvalue weighted by atomic mass is 10.1. The highest BCUT2D eigenvalue weighted by Gasteiger charge is 2.21. The van der Waals surface area contributed by atoms with Crippen molar-refractivity contribution in [3.8, 4) is 11.4 Å². The van der Waals surface area contributed by atoms with Crippen LogP contribution < -0.4 is 0 Å². The van der Waals surface area contributed by atoms with Gasteiger partial charge in [-0.1, -0.05) is 86.1 Å². The minimum absolute atomic E-state index is 0.919. The maximum Gasteiger partial charge on any atom is 0.137 e. The van der Waals surface area contributed by atoms with Crippen LogP contribution >= 0.6 is 11.3 Å². The van der Waals surface area contributed by atoms with E-state index < -0.39 is 0 Å². The molecule has 0 N–H and O–H groups in total. The lowest BCUT2D eigenvalue weighted by Crippen LogP contribution is -1.95. The zero-order chi connectivity index (χ0) is 32.9. The maximum atomic E-state index is 6.57. The summed E-state index contributed by atoms with van der Waals surface area (Å²) in [4.78, 5) is 0. The molecule has 0 fully saturated rings. The summed E-state index contributed by atoms with van der Waals surface area (Å²) in [5, 5.41) is 9.98. The van der Waals surface area contributed by atoms with Gasteiger partial charge in [-0.05, 0) is 79.1 Å². The summed E-state index contributed by atoms with van der Waals surface area (Å²) in [6, 6.07) is 51.5. The van der Waals surface area contributed by atoms with Crippen LogP contribution in [0.4, 0.5) is 0 Å². The van der Waals surface area contributed by atoms with Crippen LogP contribution in [0.2, 0.25) is 0 Å². The van der Waals surface area contributed by atoms with E-state index in [0.717, 1.165) is 28.7 Å². The second-order valence-electron chi connectivity index (χ2n) is 13.6. The fourth-order valence-corrected chi connectivity index (χ4v) is 9.48. The number of benzene rings is 7. The Balaban J connectivity index is 1.20. The Bertz CT molecular complexity index is 3150. The van der Waals surface area contributed by atoms with E-state index in [-0.39, 0.29) is 0 Å². The zero-order valence-electron chi connectivity index (χ0n) is 27.6. The molecule has 0 saturated heterocycles. The number of thiophene rings is 1. The fourth-order valence-electron chi connectivity index (χ4n) is 8.39. The Morgan fingerprint density at radius 2 is 1.16 bits per heavy atom. The van der Waals surface area contributed by atoms with Crippen molar-refractivity contribution in [2.75, 3.05) is 0 Å². The van der Waals surface area contributed by atoms with Crippen LogP contribution in [-0.2, 0) is 6.42 Å². The number of rotatable bonds is 5. The lowest BCUT2D eigenvalue weighted by molar-refractivity contribution is 0.667. The van der Waals surface area contributed by atoms with E-state index in [1.54, 1.807) is 0 Å². The summed E-state index contributed by atoms with van der Waals surface area (Å²) in [6.07, 6.45) is 3.46. The molecule has 3 nitrogen and oxygen atoms in total. The van der Waals surface area contributed by atoms with Gasteiger partial charge in [-0.15, -0.1) is 11.3 Å². The fraction of sp³-hybridized carbons (Fsp3) is 0.0870. The average Bonchev–Trinajstić information content (AvgIpc) is 3.90. The first-order chi connectivity index (χ1) is 24.7. The number of hydrogen-bond acceptors (Lipinski definition) is 2. The number of para-hydroxylation sites is 2. The molecule has 0 amide bonds. The first-order valence-corrected chi connectivity index (χ1v) is 18.4. The first kappa shape index (κ1) is 28.0. The molecule has 4 heteroatoms. The predicted molar refractivity (Wildman–Crippen MR) is 214 cm³/mol. The number of nitrogens with zero attached hydrogens (tertiary/aromatic N) is 2. The van der Waals surface area contributed by atoms with Crippen LogP contribution in [-0.4, -0.2) is 9.13 Å². The van der Waals surface area contributed by atoms with Crippen LogP contribution in [0.3, 0.4) is 0 Å². The molecule has 4 aromatic heterocycles. The molecule has 0 aliphatic carbocycles. The normalized spacial score (nSPS) is 12.3. The third kappa shape index (κ3) is 3.91. The molecule has 11 aromatic rings. The van der Waals surface area contributed by atoms with Crippen molar-refractivity contribution in [1.29, 1.82) is 0 Å². The molecule has 0 bridgehead atoms. The number of aryl methyl sites for hydroxylation is 1. The Labute approximate surface area is 292 Å². The summed E-state index contributed by atoms with van der Waals surface area (Å²) in [7, 11) is 0. The van der Waals surface area contributed by atoms with E-state index in [0.29, 0.717) is 0 Å². The van der Waals surface area contributed by atoms with Crippen molar-refractivity contribution in [3.05, 3.63) is 145 Å². The van der Waals surface area contributed by atoms with Crippen LogP contribution in [0.5, 0.6) is 0 Å². The van der Waals surface area contributed by atoms with Gasteiger partial charge in [0.25, 0.3) is 0 Å². The first-order valence-electron chi connectivity index (χ1n) is 17.6. The van der Waals surface area contributed by atoms with Crippen molar-refractivity contribution >= 4 is 97.1 Å². The van der Waals surface area contributed by atoms with Gasteiger partial charge in [-0.2, -0.15) is 0 Å². The zero-order valence-corrected chi connectivity index (χ0v) is 28.4. The van der Waals surface area contributed by atoms with Gasteiger partial charge in [0, 0.05) is 69.9 Å². The van der Waals surface area contributed by atoms with Crippen LogP contribution in [0.1, 0.15) is 25.3 Å². The topological polar surface area (TPSA) is 23.0 Å². The minimum atomic E-state index is 0.919. The van der Waals surface area contributed by atoms with E-state index >= 15 is 0 Å². The molecule has 0 radical (unpaired) electrons. The van der Waals surface area contributed by atoms with Gasteiger partial charge in [0.1, 0.15) is 11.2 Å². The van der Waals surface area contributed by atoms with Gasteiger partial charge < -0.3 is 13.6 Å². The van der Waals surface area contributed by atoms with Crippen molar-refractivity contribution in [1.82, 2.24) is 9.13 Å². The van der Waals surface area contributed by atoms with E-state index in [9.17, 15) is 0 Å². The number of hydrogen-bond donors (Lipinski definition) is 0. The van der Waals surface area contributed by atoms with Crippen molar-refractivity contribution in [3.63, 3.8) is 0 Å². The van der Waals surface area contributed by atoms with Crippen molar-refractivity contribution in [2.24, 2.45) is 0 Å². The molecular formula is C46H32N2OS. The monoisotopic (exact) mass is 660 g/mol. The SMILES string of the molecule is CCCCc1ccc2c(c1)oc1cc(-n3c4ccccc4c4c3ccc3c5ccccc5n(-c5ccc6sc7ccccc7c6c5)c34)ccc12. The van der Waals surface area contributed by atoms with Crippen molar-refractivity contribution < 1.29 is 4.42 Å². The Kier molecular flexibility index (Phi) is 5.93. The molecule has 0 aliphatic rings. The van der Waals surface area contributed by atoms with E-state index in [4.69, 9.17) is 4.42 Å². The number of aromatic nitrogens is 2. The molecule has 50 heavy (non-hydrogen) atoms. The molecule has 11 rings (SSSR count). The van der Waals surface area contributed by atoms with Crippen LogP contribution in [0.15, 0.2) is 144 Å². The Morgan fingerprint density at radius 3 is 2.02 bits per heavy atom. The van der Waals surface area contributed by atoms with Gasteiger partial charge in [0.15, 0.2) is 0 Å². The average molecular weight is 661 g/mol. The smallest absolute Gasteiger partial charge is 0.137 e. The van der Waals surface area contributed by atoms with E-state index in [2.05, 4.69) is 156 Å². The van der Waals surface area contributed by atoms with Gasteiger partial charge in [0.05, 0.1) is 22.1 Å². The Morgan fingerprint density at radius 1 is 0.500 bits per heavy atom. The number of unbranched alkanes of at least 4 members (excludes halogenated alkanes) is 1. The predicted octanol–water partition coefficient (Wildman–Crippen LogP) is 13.5. The molecule has 0 atom stereocenters. The quantitative estimate of drug-likeness (QED) is 0.180. The molecule has 4 heterocycles. The summed E-state index contributed by atoms with van der Waals surface area (Å²) in [6.45, 7) is 2.24. The van der Waals surface area contributed by atoms with Gasteiger partial charge in [0.2, 0.25) is 0 Å². The second kappa shape index (κ2) is 10.6. The Hall–Kier alpha value is -5.84. The summed E-state index contributed by atoms with van der Waals surface area (Å²) >= 11 is 1.87. The highest BCUT2D eigenvalue weighted by molar-refractivity contribution is 7.25. The second-order valence-corrected chi connectivity index (χ2v) is 14.6. The lowest BCUT2D eigenvalue weighted by Gasteiger charge is -2.10. The maximum absolute atomic E-state index is 6.57. The third-order valence-corrected chi connectivity index (χ3v) is 11.8. The third-order valence-electron chi connectivity index (χ3n) is 10.7. The molecule has 0 aliphatic heterocycles. The van der Waals surface area contributed by atoms with Crippen LogP contribution in [0, 0.1) is 0 Å². The highest BCUT2D eigenvalue weighted by atomic mass is 32.1. The van der Waals surface area contributed by atoms with Crippen molar-refractivity contribution in [2.45, 2.75) is 26.2 Å². The molecule has 7 aromatic carbocycles. The molecular weight excluding hydrogens is 629 g/mol. The summed E-state index contributed by atoms with van der Waals surface area (Å²) < 4.78 is 14.1. The molecule has 0 spiro atoms. The minimum Gasteiger partial charge on any atom is -0.456 e. The molecule has 0 unspecified atom stereocenters.